The Balaban J connectivity index is 2.02. The number of aryl methyl sites for hydroxylation is 2. The van der Waals surface area contributed by atoms with Crippen LogP contribution in [-0.2, 0) is 17.6 Å². The Morgan fingerprint density at radius 1 is 0.952 bits per heavy atom. The van der Waals surface area contributed by atoms with E-state index in [4.69, 9.17) is 4.74 Å². The van der Waals surface area contributed by atoms with Gasteiger partial charge in [0.25, 0.3) is 0 Å². The van der Waals surface area contributed by atoms with Crippen LogP contribution in [0.4, 0.5) is 0 Å². The Labute approximate surface area is 127 Å². The standard InChI is InChI=1S/C19H24O2/c1-14-4-5-17(12-15(14)2)13-19(20)18-8-6-16(7-9-18)10-11-21-3/h4-9,12,19-20H,10-11,13H2,1-3H3. The van der Waals surface area contributed by atoms with Crippen LogP contribution in [0.2, 0.25) is 0 Å². The summed E-state index contributed by atoms with van der Waals surface area (Å²) in [4.78, 5) is 0. The Kier molecular flexibility index (Phi) is 5.54. The summed E-state index contributed by atoms with van der Waals surface area (Å²) in [6, 6.07) is 14.5. The maximum atomic E-state index is 10.4. The zero-order valence-electron chi connectivity index (χ0n) is 13.1. The summed E-state index contributed by atoms with van der Waals surface area (Å²) in [5.74, 6) is 0. The lowest BCUT2D eigenvalue weighted by atomic mass is 9.97. The summed E-state index contributed by atoms with van der Waals surface area (Å²) >= 11 is 0. The molecule has 0 heterocycles. The van der Waals surface area contributed by atoms with Crippen molar-refractivity contribution < 1.29 is 9.84 Å². The van der Waals surface area contributed by atoms with Crippen molar-refractivity contribution in [3.63, 3.8) is 0 Å². The maximum absolute atomic E-state index is 10.4. The molecule has 2 aromatic rings. The molecule has 0 aliphatic rings. The van der Waals surface area contributed by atoms with Crippen molar-refractivity contribution in [2.75, 3.05) is 13.7 Å². The number of aliphatic hydroxyl groups is 1. The zero-order chi connectivity index (χ0) is 15.2. The molecule has 21 heavy (non-hydrogen) atoms. The van der Waals surface area contributed by atoms with Gasteiger partial charge in [-0.05, 0) is 48.1 Å². The number of ether oxygens (including phenoxy) is 1. The van der Waals surface area contributed by atoms with Gasteiger partial charge in [0.1, 0.15) is 0 Å². The minimum Gasteiger partial charge on any atom is -0.388 e. The fourth-order valence-electron chi connectivity index (χ4n) is 2.40. The molecule has 2 heteroatoms. The van der Waals surface area contributed by atoms with Crippen LogP contribution in [0.25, 0.3) is 0 Å². The fourth-order valence-corrected chi connectivity index (χ4v) is 2.40. The maximum Gasteiger partial charge on any atom is 0.0830 e. The molecule has 0 amide bonds. The van der Waals surface area contributed by atoms with E-state index >= 15 is 0 Å². The number of methoxy groups -OCH3 is 1. The number of hydrogen-bond donors (Lipinski definition) is 1. The van der Waals surface area contributed by atoms with Gasteiger partial charge < -0.3 is 9.84 Å². The topological polar surface area (TPSA) is 29.5 Å². The van der Waals surface area contributed by atoms with Crippen molar-refractivity contribution in [1.82, 2.24) is 0 Å². The normalized spacial score (nSPS) is 12.4. The summed E-state index contributed by atoms with van der Waals surface area (Å²) in [7, 11) is 1.71. The molecule has 0 spiro atoms. The first-order chi connectivity index (χ1) is 10.1. The average molecular weight is 284 g/mol. The van der Waals surface area contributed by atoms with Gasteiger partial charge in [0.05, 0.1) is 12.7 Å². The zero-order valence-corrected chi connectivity index (χ0v) is 13.1. The summed E-state index contributed by atoms with van der Waals surface area (Å²) in [6.07, 6.45) is 1.10. The number of rotatable bonds is 6. The molecule has 1 unspecified atom stereocenters. The molecule has 0 radical (unpaired) electrons. The quantitative estimate of drug-likeness (QED) is 0.875. The molecule has 2 aromatic carbocycles. The van der Waals surface area contributed by atoms with Crippen molar-refractivity contribution in [3.8, 4) is 0 Å². The lowest BCUT2D eigenvalue weighted by Gasteiger charge is -2.13. The molecule has 0 aromatic heterocycles. The first kappa shape index (κ1) is 15.7. The number of benzene rings is 2. The van der Waals surface area contributed by atoms with Crippen LogP contribution in [0.5, 0.6) is 0 Å². The molecule has 1 atom stereocenters. The largest absolute Gasteiger partial charge is 0.388 e. The molecule has 112 valence electrons. The molecule has 0 saturated carbocycles. The third-order valence-electron chi connectivity index (χ3n) is 3.96. The lowest BCUT2D eigenvalue weighted by molar-refractivity contribution is 0.178. The predicted molar refractivity (Wildman–Crippen MR) is 86.6 cm³/mol. The first-order valence-corrected chi connectivity index (χ1v) is 7.42. The fraction of sp³-hybridized carbons (Fsp3) is 0.368. The van der Waals surface area contributed by atoms with Gasteiger partial charge in [-0.2, -0.15) is 0 Å². The third-order valence-corrected chi connectivity index (χ3v) is 3.96. The molecule has 0 bridgehead atoms. The SMILES string of the molecule is COCCc1ccc(C(O)Cc2ccc(C)c(C)c2)cc1. The molecule has 0 saturated heterocycles. The first-order valence-electron chi connectivity index (χ1n) is 7.42. The molecule has 0 fully saturated rings. The second kappa shape index (κ2) is 7.39. The van der Waals surface area contributed by atoms with Crippen LogP contribution in [0.1, 0.15) is 33.9 Å². The molecular formula is C19H24O2. The van der Waals surface area contributed by atoms with E-state index in [2.05, 4.69) is 44.2 Å². The van der Waals surface area contributed by atoms with Gasteiger partial charge in [-0.3, -0.25) is 0 Å². The lowest BCUT2D eigenvalue weighted by Crippen LogP contribution is -2.03. The second-order valence-corrected chi connectivity index (χ2v) is 5.62. The van der Waals surface area contributed by atoms with E-state index in [1.54, 1.807) is 7.11 Å². The van der Waals surface area contributed by atoms with Crippen LogP contribution in [0, 0.1) is 13.8 Å². The monoisotopic (exact) mass is 284 g/mol. The summed E-state index contributed by atoms with van der Waals surface area (Å²) in [5, 5.41) is 10.4. The smallest absolute Gasteiger partial charge is 0.0830 e. The van der Waals surface area contributed by atoms with Gasteiger partial charge in [0, 0.05) is 13.5 Å². The highest BCUT2D eigenvalue weighted by atomic mass is 16.5. The van der Waals surface area contributed by atoms with Crippen molar-refractivity contribution in [2.24, 2.45) is 0 Å². The van der Waals surface area contributed by atoms with E-state index in [0.717, 1.165) is 18.6 Å². The van der Waals surface area contributed by atoms with Crippen LogP contribution in [0.15, 0.2) is 42.5 Å². The van der Waals surface area contributed by atoms with E-state index in [-0.39, 0.29) is 0 Å². The predicted octanol–water partition coefficient (Wildman–Crippen LogP) is 3.77. The second-order valence-electron chi connectivity index (χ2n) is 5.62. The van der Waals surface area contributed by atoms with Gasteiger partial charge >= 0.3 is 0 Å². The minimum absolute atomic E-state index is 0.455. The van der Waals surface area contributed by atoms with E-state index in [9.17, 15) is 5.11 Å². The van der Waals surface area contributed by atoms with E-state index in [0.29, 0.717) is 6.42 Å². The summed E-state index contributed by atoms with van der Waals surface area (Å²) < 4.78 is 5.07. The Hall–Kier alpha value is -1.64. The third kappa shape index (κ3) is 4.42. The number of aliphatic hydroxyl groups excluding tert-OH is 1. The van der Waals surface area contributed by atoms with Gasteiger partial charge in [0.2, 0.25) is 0 Å². The van der Waals surface area contributed by atoms with Crippen LogP contribution in [0.3, 0.4) is 0 Å². The van der Waals surface area contributed by atoms with E-state index in [1.807, 2.05) is 12.1 Å². The van der Waals surface area contributed by atoms with E-state index in [1.165, 1.54) is 22.3 Å². The van der Waals surface area contributed by atoms with Gasteiger partial charge in [-0.25, -0.2) is 0 Å². The highest BCUT2D eigenvalue weighted by Crippen LogP contribution is 2.20. The van der Waals surface area contributed by atoms with Crippen LogP contribution in [-0.4, -0.2) is 18.8 Å². The number of hydrogen-bond acceptors (Lipinski definition) is 2. The van der Waals surface area contributed by atoms with Crippen LogP contribution < -0.4 is 0 Å². The highest BCUT2D eigenvalue weighted by Gasteiger charge is 2.09. The molecule has 0 aliphatic carbocycles. The molecule has 2 rings (SSSR count). The molecular weight excluding hydrogens is 260 g/mol. The van der Waals surface area contributed by atoms with Gasteiger partial charge in [-0.1, -0.05) is 42.5 Å². The Morgan fingerprint density at radius 2 is 1.62 bits per heavy atom. The molecule has 0 aliphatic heterocycles. The van der Waals surface area contributed by atoms with Crippen molar-refractivity contribution in [3.05, 3.63) is 70.3 Å². The Bertz CT molecular complexity index is 573. The van der Waals surface area contributed by atoms with Gasteiger partial charge in [0.15, 0.2) is 0 Å². The van der Waals surface area contributed by atoms with E-state index < -0.39 is 6.10 Å². The minimum atomic E-state index is -0.455. The Morgan fingerprint density at radius 3 is 2.24 bits per heavy atom. The van der Waals surface area contributed by atoms with Gasteiger partial charge in [-0.15, -0.1) is 0 Å². The molecule has 2 nitrogen and oxygen atoms in total. The summed E-state index contributed by atoms with van der Waals surface area (Å²) in [5.41, 5.74) is 5.94. The van der Waals surface area contributed by atoms with Crippen molar-refractivity contribution in [1.29, 1.82) is 0 Å². The average Bonchev–Trinajstić information content (AvgIpc) is 2.49. The van der Waals surface area contributed by atoms with Crippen LogP contribution >= 0.6 is 0 Å². The van der Waals surface area contributed by atoms with Crippen molar-refractivity contribution >= 4 is 0 Å². The summed E-state index contributed by atoms with van der Waals surface area (Å²) in [6.45, 7) is 4.94. The van der Waals surface area contributed by atoms with Crippen molar-refractivity contribution in [2.45, 2.75) is 32.8 Å². The highest BCUT2D eigenvalue weighted by molar-refractivity contribution is 5.32. The molecule has 1 N–H and O–H groups in total.